The molecule has 0 aromatic carbocycles. The van der Waals surface area contributed by atoms with Crippen LogP contribution in [0.3, 0.4) is 0 Å². The number of hydrogen-bond acceptors (Lipinski definition) is 2. The molecule has 2 heteroatoms. The van der Waals surface area contributed by atoms with Crippen LogP contribution in [0.15, 0.2) is 4.99 Å². The van der Waals surface area contributed by atoms with Gasteiger partial charge in [0.2, 0.25) is 0 Å². The fourth-order valence-corrected chi connectivity index (χ4v) is 1.22. The van der Waals surface area contributed by atoms with Crippen molar-refractivity contribution in [2.24, 2.45) is 10.9 Å². The first-order valence-electron chi connectivity index (χ1n) is 5.33. The van der Waals surface area contributed by atoms with Gasteiger partial charge in [-0.05, 0) is 19.3 Å². The van der Waals surface area contributed by atoms with Gasteiger partial charge in [-0.2, -0.15) is 0 Å². The van der Waals surface area contributed by atoms with Crippen LogP contribution < -0.4 is 0 Å². The third kappa shape index (κ3) is 6.62. The van der Waals surface area contributed by atoms with Crippen LogP contribution in [0, 0.1) is 5.92 Å². The number of ether oxygens (including phenoxy) is 1. The largest absolute Gasteiger partial charge is 0.481 e. The highest BCUT2D eigenvalue weighted by atomic mass is 16.5. The van der Waals surface area contributed by atoms with E-state index in [1.165, 1.54) is 19.3 Å². The van der Waals surface area contributed by atoms with Crippen molar-refractivity contribution >= 4 is 5.90 Å². The fraction of sp³-hybridized carbons (Fsp3) is 0.909. The first kappa shape index (κ1) is 12.5. The molecule has 0 heterocycles. The highest BCUT2D eigenvalue weighted by molar-refractivity contribution is 5.75. The van der Waals surface area contributed by atoms with Gasteiger partial charge in [0.25, 0.3) is 0 Å². The fourth-order valence-electron chi connectivity index (χ4n) is 1.22. The summed E-state index contributed by atoms with van der Waals surface area (Å²) in [6.07, 6.45) is 4.74. The summed E-state index contributed by atoms with van der Waals surface area (Å²) in [5.41, 5.74) is 0. The van der Waals surface area contributed by atoms with Gasteiger partial charge in [-0.15, -0.1) is 0 Å². The first-order chi connectivity index (χ1) is 6.24. The van der Waals surface area contributed by atoms with Crippen molar-refractivity contribution in [3.63, 3.8) is 0 Å². The van der Waals surface area contributed by atoms with Crippen LogP contribution in [0.5, 0.6) is 0 Å². The van der Waals surface area contributed by atoms with Gasteiger partial charge in [0.05, 0.1) is 6.61 Å². The van der Waals surface area contributed by atoms with E-state index in [4.69, 9.17) is 4.74 Å². The normalized spacial score (nSPS) is 14.3. The molecule has 78 valence electrons. The summed E-state index contributed by atoms with van der Waals surface area (Å²) in [4.78, 5) is 4.09. The molecule has 0 saturated carbocycles. The molecule has 0 aromatic rings. The monoisotopic (exact) mass is 185 g/mol. The zero-order valence-corrected chi connectivity index (χ0v) is 9.47. The van der Waals surface area contributed by atoms with Crippen LogP contribution in [0.25, 0.3) is 0 Å². The molecule has 0 aliphatic rings. The van der Waals surface area contributed by atoms with E-state index in [0.29, 0.717) is 0 Å². The van der Waals surface area contributed by atoms with Crippen molar-refractivity contribution in [2.75, 3.05) is 13.7 Å². The van der Waals surface area contributed by atoms with E-state index < -0.39 is 0 Å². The first-order valence-corrected chi connectivity index (χ1v) is 5.33. The van der Waals surface area contributed by atoms with Crippen LogP contribution >= 0.6 is 0 Å². The number of aliphatic imine (C=N–C) groups is 1. The van der Waals surface area contributed by atoms with Crippen molar-refractivity contribution in [1.82, 2.24) is 0 Å². The Bertz CT molecular complexity index is 143. The van der Waals surface area contributed by atoms with Crippen LogP contribution in [-0.2, 0) is 4.74 Å². The van der Waals surface area contributed by atoms with Crippen molar-refractivity contribution in [1.29, 1.82) is 0 Å². The van der Waals surface area contributed by atoms with Crippen molar-refractivity contribution in [3.05, 3.63) is 0 Å². The quantitative estimate of drug-likeness (QED) is 0.460. The summed E-state index contributed by atoms with van der Waals surface area (Å²) in [7, 11) is 1.80. The van der Waals surface area contributed by atoms with Crippen molar-refractivity contribution in [2.45, 2.75) is 46.5 Å². The lowest BCUT2D eigenvalue weighted by molar-refractivity contribution is 0.313. The molecule has 0 spiro atoms. The Hall–Kier alpha value is -0.530. The SMILES string of the molecule is CCOC(CCCC(C)CC)=NC. The molecule has 0 bridgehead atoms. The van der Waals surface area contributed by atoms with E-state index in [9.17, 15) is 0 Å². The number of hydrogen-bond donors (Lipinski definition) is 0. The molecule has 0 aliphatic carbocycles. The van der Waals surface area contributed by atoms with Crippen LogP contribution in [0.2, 0.25) is 0 Å². The van der Waals surface area contributed by atoms with Crippen LogP contribution in [0.1, 0.15) is 46.5 Å². The minimum Gasteiger partial charge on any atom is -0.481 e. The molecule has 13 heavy (non-hydrogen) atoms. The Morgan fingerprint density at radius 3 is 2.54 bits per heavy atom. The van der Waals surface area contributed by atoms with Gasteiger partial charge in [-0.3, -0.25) is 4.99 Å². The lowest BCUT2D eigenvalue weighted by Gasteiger charge is -2.09. The van der Waals surface area contributed by atoms with E-state index in [1.807, 2.05) is 6.92 Å². The van der Waals surface area contributed by atoms with Gasteiger partial charge >= 0.3 is 0 Å². The lowest BCUT2D eigenvalue weighted by Crippen LogP contribution is -2.05. The third-order valence-corrected chi connectivity index (χ3v) is 2.34. The average Bonchev–Trinajstić information content (AvgIpc) is 2.16. The number of rotatable bonds is 6. The second kappa shape index (κ2) is 8.09. The Labute approximate surface area is 82.4 Å². The average molecular weight is 185 g/mol. The number of nitrogens with zero attached hydrogens (tertiary/aromatic N) is 1. The van der Waals surface area contributed by atoms with Gasteiger partial charge in [-0.1, -0.05) is 26.7 Å². The third-order valence-electron chi connectivity index (χ3n) is 2.34. The smallest absolute Gasteiger partial charge is 0.182 e. The predicted molar refractivity (Wildman–Crippen MR) is 58.3 cm³/mol. The maximum atomic E-state index is 5.36. The summed E-state index contributed by atoms with van der Waals surface area (Å²) in [6, 6.07) is 0. The zero-order chi connectivity index (χ0) is 10.1. The standard InChI is InChI=1S/C11H23NO/c1-5-10(3)8-7-9-11(12-4)13-6-2/h10H,5-9H2,1-4H3. The molecule has 0 saturated heterocycles. The highest BCUT2D eigenvalue weighted by Gasteiger charge is 2.01. The van der Waals surface area contributed by atoms with Gasteiger partial charge in [0.15, 0.2) is 5.90 Å². The van der Waals surface area contributed by atoms with E-state index in [1.54, 1.807) is 7.05 Å². The maximum Gasteiger partial charge on any atom is 0.182 e. The minimum atomic E-state index is 0.732. The molecule has 0 rings (SSSR count). The Balaban J connectivity index is 3.50. The minimum absolute atomic E-state index is 0.732. The molecule has 1 unspecified atom stereocenters. The summed E-state index contributed by atoms with van der Waals surface area (Å²) in [6.45, 7) is 7.27. The van der Waals surface area contributed by atoms with Crippen LogP contribution in [0.4, 0.5) is 0 Å². The van der Waals surface area contributed by atoms with Gasteiger partial charge in [0, 0.05) is 13.5 Å². The lowest BCUT2D eigenvalue weighted by atomic mass is 10.0. The van der Waals surface area contributed by atoms with E-state index in [2.05, 4.69) is 18.8 Å². The summed E-state index contributed by atoms with van der Waals surface area (Å²) >= 11 is 0. The van der Waals surface area contributed by atoms with Crippen molar-refractivity contribution < 1.29 is 4.74 Å². The second-order valence-electron chi connectivity index (χ2n) is 3.46. The highest BCUT2D eigenvalue weighted by Crippen LogP contribution is 2.11. The van der Waals surface area contributed by atoms with Gasteiger partial charge in [0.1, 0.15) is 0 Å². The molecule has 1 atom stereocenters. The second-order valence-corrected chi connectivity index (χ2v) is 3.46. The maximum absolute atomic E-state index is 5.36. The van der Waals surface area contributed by atoms with Crippen molar-refractivity contribution in [3.8, 4) is 0 Å². The molecule has 2 nitrogen and oxygen atoms in total. The molecular formula is C11H23NO. The Kier molecular flexibility index (Phi) is 7.76. The summed E-state index contributed by atoms with van der Waals surface area (Å²) in [5.74, 6) is 1.74. The summed E-state index contributed by atoms with van der Waals surface area (Å²) < 4.78 is 5.36. The molecular weight excluding hydrogens is 162 g/mol. The Morgan fingerprint density at radius 1 is 1.38 bits per heavy atom. The zero-order valence-electron chi connectivity index (χ0n) is 9.47. The topological polar surface area (TPSA) is 21.6 Å². The van der Waals surface area contributed by atoms with E-state index >= 15 is 0 Å². The molecule has 0 N–H and O–H groups in total. The molecule has 0 radical (unpaired) electrons. The molecule has 0 fully saturated rings. The van der Waals surface area contributed by atoms with Gasteiger partial charge < -0.3 is 4.74 Å². The molecule has 0 amide bonds. The van der Waals surface area contributed by atoms with Crippen LogP contribution in [-0.4, -0.2) is 19.6 Å². The predicted octanol–water partition coefficient (Wildman–Crippen LogP) is 3.27. The Morgan fingerprint density at radius 2 is 2.08 bits per heavy atom. The van der Waals surface area contributed by atoms with E-state index in [-0.39, 0.29) is 0 Å². The molecule has 0 aliphatic heterocycles. The molecule has 0 aromatic heterocycles. The van der Waals surface area contributed by atoms with E-state index in [0.717, 1.165) is 24.8 Å². The van der Waals surface area contributed by atoms with Gasteiger partial charge in [-0.25, -0.2) is 0 Å². The summed E-state index contributed by atoms with van der Waals surface area (Å²) in [5, 5.41) is 0.